The number of anilines is 1. The quantitative estimate of drug-likeness (QED) is 0.773. The number of carbonyl (C=O) groups is 1. The van der Waals surface area contributed by atoms with Gasteiger partial charge in [0.2, 0.25) is 0 Å². The first-order valence-electron chi connectivity index (χ1n) is 7.07. The Balaban J connectivity index is 1.99. The summed E-state index contributed by atoms with van der Waals surface area (Å²) >= 11 is 0. The second-order valence-electron chi connectivity index (χ2n) is 5.62. The molecule has 2 rings (SSSR count). The Kier molecular flexibility index (Phi) is 4.62. The van der Waals surface area contributed by atoms with Crippen molar-refractivity contribution in [3.05, 3.63) is 29.8 Å². The molecule has 1 aromatic rings. The first-order valence-corrected chi connectivity index (χ1v) is 7.07. The second-order valence-corrected chi connectivity index (χ2v) is 5.62. The number of rotatable bonds is 2. The maximum absolute atomic E-state index is 12.2. The van der Waals surface area contributed by atoms with Crippen LogP contribution < -0.4 is 11.1 Å². The van der Waals surface area contributed by atoms with Crippen LogP contribution in [0.5, 0.6) is 0 Å². The minimum Gasteiger partial charge on any atom is -0.393 e. The van der Waals surface area contributed by atoms with Gasteiger partial charge in [-0.1, -0.05) is 19.1 Å². The number of carbonyl (C=O) groups excluding carboxylic acids is 1. The number of hydrogen-bond donors (Lipinski definition) is 3. The molecule has 0 aliphatic carbocycles. The summed E-state index contributed by atoms with van der Waals surface area (Å²) in [5.74, 6) is 0.116. The van der Waals surface area contributed by atoms with Gasteiger partial charge in [-0.25, -0.2) is 4.79 Å². The highest BCUT2D eigenvalue weighted by molar-refractivity contribution is 5.89. The highest BCUT2D eigenvalue weighted by atomic mass is 16.3. The summed E-state index contributed by atoms with van der Waals surface area (Å²) in [6.45, 7) is 5.04. The fraction of sp³-hybridized carbons (Fsp3) is 0.533. The van der Waals surface area contributed by atoms with Gasteiger partial charge in [0.15, 0.2) is 0 Å². The highest BCUT2D eigenvalue weighted by Crippen LogP contribution is 2.19. The molecule has 4 N–H and O–H groups in total. The van der Waals surface area contributed by atoms with Crippen LogP contribution in [-0.2, 0) is 0 Å². The number of nitrogens with two attached hydrogens (primary N) is 1. The van der Waals surface area contributed by atoms with Crippen molar-refractivity contribution in [1.82, 2.24) is 4.90 Å². The van der Waals surface area contributed by atoms with Crippen molar-refractivity contribution in [1.29, 1.82) is 0 Å². The molecule has 3 atom stereocenters. The number of urea groups is 1. The van der Waals surface area contributed by atoms with E-state index in [0.717, 1.165) is 11.3 Å². The van der Waals surface area contributed by atoms with E-state index in [1.165, 1.54) is 0 Å². The molecule has 1 saturated heterocycles. The summed E-state index contributed by atoms with van der Waals surface area (Å²) in [7, 11) is 0. The van der Waals surface area contributed by atoms with Gasteiger partial charge in [-0.15, -0.1) is 0 Å². The van der Waals surface area contributed by atoms with Crippen molar-refractivity contribution >= 4 is 11.7 Å². The summed E-state index contributed by atoms with van der Waals surface area (Å²) in [4.78, 5) is 13.9. The molecule has 5 heteroatoms. The first kappa shape index (κ1) is 14.8. The number of nitrogens with one attached hydrogen (secondary N) is 1. The fourth-order valence-corrected chi connectivity index (χ4v) is 2.42. The van der Waals surface area contributed by atoms with Crippen LogP contribution >= 0.6 is 0 Å². The van der Waals surface area contributed by atoms with Crippen LogP contribution in [0.25, 0.3) is 0 Å². The van der Waals surface area contributed by atoms with Crippen LogP contribution in [0.4, 0.5) is 10.5 Å². The van der Waals surface area contributed by atoms with Crippen molar-refractivity contribution in [3.8, 4) is 0 Å². The summed E-state index contributed by atoms with van der Waals surface area (Å²) in [5, 5.41) is 12.6. The third-order valence-electron chi connectivity index (χ3n) is 3.81. The van der Waals surface area contributed by atoms with E-state index < -0.39 is 0 Å². The lowest BCUT2D eigenvalue weighted by Crippen LogP contribution is -2.46. The van der Waals surface area contributed by atoms with Gasteiger partial charge in [0, 0.05) is 24.8 Å². The number of likely N-dealkylation sites (tertiary alicyclic amines) is 1. The number of aliphatic hydroxyl groups is 1. The Morgan fingerprint density at radius 2 is 2.30 bits per heavy atom. The molecular weight excluding hydrogens is 254 g/mol. The van der Waals surface area contributed by atoms with Crippen LogP contribution in [0, 0.1) is 5.92 Å². The third kappa shape index (κ3) is 3.49. The standard InChI is InChI=1S/C15H23N3O2/c1-10-9-18(7-6-14(10)19)15(20)17-13-5-3-4-12(8-13)11(2)16/h3-5,8,10-11,14,19H,6-7,9,16H2,1-2H3,(H,17,20). The zero-order valence-electron chi connectivity index (χ0n) is 12.0. The van der Waals surface area contributed by atoms with Crippen LogP contribution in [0.1, 0.15) is 31.9 Å². The van der Waals surface area contributed by atoms with Gasteiger partial charge in [-0.3, -0.25) is 0 Å². The van der Waals surface area contributed by atoms with Crippen LogP contribution in [-0.4, -0.2) is 35.2 Å². The summed E-state index contributed by atoms with van der Waals surface area (Å²) in [6, 6.07) is 7.40. The van der Waals surface area contributed by atoms with Gasteiger partial charge < -0.3 is 21.1 Å². The number of nitrogens with zero attached hydrogens (tertiary/aromatic N) is 1. The summed E-state index contributed by atoms with van der Waals surface area (Å²) < 4.78 is 0. The predicted octanol–water partition coefficient (Wildman–Crippen LogP) is 1.94. The average Bonchev–Trinajstić information content (AvgIpc) is 2.42. The predicted molar refractivity (Wildman–Crippen MR) is 79.4 cm³/mol. The van der Waals surface area contributed by atoms with Crippen molar-refractivity contribution in [2.45, 2.75) is 32.4 Å². The molecule has 0 spiro atoms. The molecule has 20 heavy (non-hydrogen) atoms. The monoisotopic (exact) mass is 277 g/mol. The van der Waals surface area contributed by atoms with Crippen LogP contribution in [0.2, 0.25) is 0 Å². The Labute approximate surface area is 119 Å². The molecule has 1 heterocycles. The topological polar surface area (TPSA) is 78.6 Å². The molecule has 0 bridgehead atoms. The van der Waals surface area contributed by atoms with E-state index in [-0.39, 0.29) is 24.1 Å². The lowest BCUT2D eigenvalue weighted by Gasteiger charge is -2.34. The SMILES string of the molecule is CC(N)c1cccc(NC(=O)N2CCC(O)C(C)C2)c1. The van der Waals surface area contributed by atoms with E-state index in [4.69, 9.17) is 5.73 Å². The maximum atomic E-state index is 12.2. The number of hydrogen-bond acceptors (Lipinski definition) is 3. The third-order valence-corrected chi connectivity index (χ3v) is 3.81. The molecular formula is C15H23N3O2. The number of amides is 2. The van der Waals surface area contributed by atoms with Crippen LogP contribution in [0.3, 0.4) is 0 Å². The Hall–Kier alpha value is -1.59. The molecule has 2 amide bonds. The van der Waals surface area contributed by atoms with Crippen molar-refractivity contribution in [2.24, 2.45) is 11.7 Å². The molecule has 1 fully saturated rings. The Bertz CT molecular complexity index is 476. The van der Waals surface area contributed by atoms with E-state index in [1.807, 2.05) is 38.1 Å². The molecule has 110 valence electrons. The Morgan fingerprint density at radius 1 is 1.55 bits per heavy atom. The first-order chi connectivity index (χ1) is 9.47. The van der Waals surface area contributed by atoms with Crippen molar-refractivity contribution < 1.29 is 9.90 Å². The van der Waals surface area contributed by atoms with Gasteiger partial charge in [0.1, 0.15) is 0 Å². The zero-order valence-corrected chi connectivity index (χ0v) is 12.0. The van der Waals surface area contributed by atoms with Crippen molar-refractivity contribution in [3.63, 3.8) is 0 Å². The minimum absolute atomic E-state index is 0.0583. The van der Waals surface area contributed by atoms with E-state index in [9.17, 15) is 9.90 Å². The largest absolute Gasteiger partial charge is 0.393 e. The van der Waals surface area contributed by atoms with E-state index >= 15 is 0 Å². The van der Waals surface area contributed by atoms with Crippen LogP contribution in [0.15, 0.2) is 24.3 Å². The minimum atomic E-state index is -0.305. The maximum Gasteiger partial charge on any atom is 0.321 e. The molecule has 0 aromatic heterocycles. The molecule has 1 aromatic carbocycles. The second kappa shape index (κ2) is 6.24. The van der Waals surface area contributed by atoms with Gasteiger partial charge >= 0.3 is 6.03 Å². The van der Waals surface area contributed by atoms with E-state index in [2.05, 4.69) is 5.32 Å². The van der Waals surface area contributed by atoms with Gasteiger partial charge in [0.05, 0.1) is 6.10 Å². The zero-order chi connectivity index (χ0) is 14.7. The van der Waals surface area contributed by atoms with E-state index in [0.29, 0.717) is 19.5 Å². The number of piperidine rings is 1. The van der Waals surface area contributed by atoms with Crippen molar-refractivity contribution in [2.75, 3.05) is 18.4 Å². The lowest BCUT2D eigenvalue weighted by molar-refractivity contribution is 0.0506. The number of aliphatic hydroxyl groups excluding tert-OH is 1. The smallest absolute Gasteiger partial charge is 0.321 e. The molecule has 1 aliphatic rings. The Morgan fingerprint density at radius 3 is 2.95 bits per heavy atom. The molecule has 0 saturated carbocycles. The van der Waals surface area contributed by atoms with Gasteiger partial charge in [-0.2, -0.15) is 0 Å². The normalized spacial score (nSPS) is 24.3. The molecule has 3 unspecified atom stereocenters. The molecule has 0 radical (unpaired) electrons. The molecule has 5 nitrogen and oxygen atoms in total. The van der Waals surface area contributed by atoms with E-state index in [1.54, 1.807) is 4.90 Å². The average molecular weight is 277 g/mol. The highest BCUT2D eigenvalue weighted by Gasteiger charge is 2.27. The number of benzene rings is 1. The fourth-order valence-electron chi connectivity index (χ4n) is 2.42. The van der Waals surface area contributed by atoms with Gasteiger partial charge in [0.25, 0.3) is 0 Å². The van der Waals surface area contributed by atoms with Gasteiger partial charge in [-0.05, 0) is 37.0 Å². The molecule has 1 aliphatic heterocycles. The summed E-state index contributed by atoms with van der Waals surface area (Å²) in [5.41, 5.74) is 7.58. The summed E-state index contributed by atoms with van der Waals surface area (Å²) in [6.07, 6.45) is 0.328. The lowest BCUT2D eigenvalue weighted by atomic mass is 9.97.